The number of imide groups is 1. The molecule has 1 aliphatic rings. The topological polar surface area (TPSA) is 165 Å². The number of rotatable bonds is 21. The van der Waals surface area contributed by atoms with Crippen molar-refractivity contribution in [3.8, 4) is 0 Å². The average Bonchev–Trinajstić information content (AvgIpc) is 3.33. The molecule has 3 atom stereocenters. The number of benzene rings is 1. The highest BCUT2D eigenvalue weighted by atomic mass is 32.2. The molecule has 1 saturated heterocycles. The first-order valence-corrected chi connectivity index (χ1v) is 17.6. The van der Waals surface area contributed by atoms with Gasteiger partial charge in [-0.2, -0.15) is 11.8 Å². The smallest absolute Gasteiger partial charge is 0.334 e. The Kier molecular flexibility index (Phi) is 17.2. The number of amides is 4. The Labute approximate surface area is 281 Å². The normalized spacial score (nSPS) is 14.9. The Morgan fingerprint density at radius 1 is 0.872 bits per heavy atom. The molecule has 0 aliphatic carbocycles. The third-order valence-electron chi connectivity index (χ3n) is 7.41. The molecule has 13 heteroatoms. The second-order valence-electron chi connectivity index (χ2n) is 12.6. The van der Waals surface area contributed by atoms with Crippen LogP contribution in [0, 0.1) is 23.7 Å². The standard InChI is InChI=1S/C34H49N3O9S/c1-22(2)17-27(36-34(44)25(14-16-47-5)20-32(42)45-21-23(3)4)28(38)19-26(18-24-9-7-6-8-10-24)33(43)35-15-13-31(41)46-37-29(39)11-12-30(37)40/h6-10,22-23,25-27H,11-21H2,1-5H3,(H,35,43)(H,36,44)/t25-,26-,27+/m1/s1. The van der Waals surface area contributed by atoms with Crippen molar-refractivity contribution in [1.82, 2.24) is 15.7 Å². The molecule has 12 nitrogen and oxygen atoms in total. The third-order valence-corrected chi connectivity index (χ3v) is 8.06. The number of Topliss-reactive ketones (excluding diaryl/α,β-unsaturated/α-hetero) is 1. The molecule has 0 aromatic heterocycles. The summed E-state index contributed by atoms with van der Waals surface area (Å²) in [5.74, 6) is -4.33. The van der Waals surface area contributed by atoms with Crippen molar-refractivity contribution < 1.29 is 43.1 Å². The van der Waals surface area contributed by atoms with E-state index in [0.29, 0.717) is 23.7 Å². The monoisotopic (exact) mass is 675 g/mol. The highest BCUT2D eigenvalue weighted by Crippen LogP contribution is 2.20. The van der Waals surface area contributed by atoms with Crippen LogP contribution in [0.4, 0.5) is 0 Å². The molecule has 0 radical (unpaired) electrons. The first-order chi connectivity index (χ1) is 22.3. The van der Waals surface area contributed by atoms with Gasteiger partial charge < -0.3 is 20.2 Å². The first-order valence-electron chi connectivity index (χ1n) is 16.2. The Balaban J connectivity index is 2.12. The summed E-state index contributed by atoms with van der Waals surface area (Å²) >= 11 is 1.55. The van der Waals surface area contributed by atoms with Crippen LogP contribution in [-0.2, 0) is 49.6 Å². The molecule has 0 saturated carbocycles. The van der Waals surface area contributed by atoms with Crippen LogP contribution in [0.5, 0.6) is 0 Å². The number of hydrogen-bond acceptors (Lipinski definition) is 10. The van der Waals surface area contributed by atoms with Crippen LogP contribution in [0.3, 0.4) is 0 Å². The van der Waals surface area contributed by atoms with E-state index < -0.39 is 53.4 Å². The number of ether oxygens (including phenoxy) is 1. The number of carbonyl (C=O) groups excluding carboxylic acids is 7. The summed E-state index contributed by atoms with van der Waals surface area (Å²) in [4.78, 5) is 93.5. The van der Waals surface area contributed by atoms with Gasteiger partial charge in [0, 0.05) is 37.6 Å². The highest BCUT2D eigenvalue weighted by molar-refractivity contribution is 7.98. The highest BCUT2D eigenvalue weighted by Gasteiger charge is 2.33. The van der Waals surface area contributed by atoms with Crippen LogP contribution >= 0.6 is 11.8 Å². The first kappa shape index (κ1) is 39.4. The Hall–Kier alpha value is -3.74. The van der Waals surface area contributed by atoms with Gasteiger partial charge in [0.05, 0.1) is 25.5 Å². The number of carbonyl (C=O) groups is 7. The maximum atomic E-state index is 13.8. The summed E-state index contributed by atoms with van der Waals surface area (Å²) < 4.78 is 5.31. The molecule has 260 valence electrons. The van der Waals surface area contributed by atoms with Gasteiger partial charge in [-0.15, -0.1) is 5.06 Å². The average molecular weight is 676 g/mol. The van der Waals surface area contributed by atoms with E-state index in [1.807, 2.05) is 64.3 Å². The van der Waals surface area contributed by atoms with E-state index in [4.69, 9.17) is 9.57 Å². The van der Waals surface area contributed by atoms with E-state index in [-0.39, 0.29) is 69.3 Å². The maximum Gasteiger partial charge on any atom is 0.334 e. The van der Waals surface area contributed by atoms with E-state index in [0.717, 1.165) is 5.56 Å². The Morgan fingerprint density at radius 3 is 2.13 bits per heavy atom. The molecule has 1 heterocycles. The van der Waals surface area contributed by atoms with E-state index >= 15 is 0 Å². The van der Waals surface area contributed by atoms with Crippen molar-refractivity contribution >= 4 is 53.1 Å². The minimum atomic E-state index is -0.873. The van der Waals surface area contributed by atoms with Crippen molar-refractivity contribution in [3.05, 3.63) is 35.9 Å². The van der Waals surface area contributed by atoms with Gasteiger partial charge in [0.1, 0.15) is 0 Å². The van der Waals surface area contributed by atoms with Gasteiger partial charge in [-0.25, -0.2) is 4.79 Å². The van der Waals surface area contributed by atoms with E-state index in [9.17, 15) is 33.6 Å². The summed E-state index contributed by atoms with van der Waals surface area (Å²) in [5, 5.41) is 5.99. The van der Waals surface area contributed by atoms with E-state index in [1.54, 1.807) is 11.8 Å². The molecule has 0 unspecified atom stereocenters. The molecule has 0 bridgehead atoms. The lowest BCUT2D eigenvalue weighted by molar-refractivity contribution is -0.197. The van der Waals surface area contributed by atoms with Crippen molar-refractivity contribution in [2.24, 2.45) is 23.7 Å². The van der Waals surface area contributed by atoms with Crippen molar-refractivity contribution in [1.29, 1.82) is 0 Å². The molecule has 0 spiro atoms. The summed E-state index contributed by atoms with van der Waals surface area (Å²) in [6, 6.07) is 8.30. The van der Waals surface area contributed by atoms with E-state index in [1.165, 1.54) is 0 Å². The Morgan fingerprint density at radius 2 is 1.53 bits per heavy atom. The van der Waals surface area contributed by atoms with Crippen molar-refractivity contribution in [2.45, 2.75) is 85.1 Å². The Bertz CT molecular complexity index is 1220. The zero-order chi connectivity index (χ0) is 34.9. The van der Waals surface area contributed by atoms with Gasteiger partial charge in [0.25, 0.3) is 11.8 Å². The van der Waals surface area contributed by atoms with Gasteiger partial charge in [0.15, 0.2) is 5.78 Å². The van der Waals surface area contributed by atoms with Crippen molar-refractivity contribution in [3.63, 3.8) is 0 Å². The van der Waals surface area contributed by atoms with Crippen molar-refractivity contribution in [2.75, 3.05) is 25.2 Å². The van der Waals surface area contributed by atoms with Crippen LogP contribution in [0.15, 0.2) is 30.3 Å². The maximum absolute atomic E-state index is 13.8. The fourth-order valence-electron chi connectivity index (χ4n) is 4.92. The number of nitrogens with zero attached hydrogens (tertiary/aromatic N) is 1. The second kappa shape index (κ2) is 20.5. The fraction of sp³-hybridized carbons (Fsp3) is 0.618. The van der Waals surface area contributed by atoms with Gasteiger partial charge in [-0.3, -0.25) is 28.8 Å². The largest absolute Gasteiger partial charge is 0.465 e. The zero-order valence-corrected chi connectivity index (χ0v) is 28.9. The summed E-state index contributed by atoms with van der Waals surface area (Å²) in [6.45, 7) is 7.83. The van der Waals surface area contributed by atoms with Crippen LogP contribution in [0.25, 0.3) is 0 Å². The number of hydrogen-bond donors (Lipinski definition) is 2. The van der Waals surface area contributed by atoms with Crippen LogP contribution in [0.2, 0.25) is 0 Å². The van der Waals surface area contributed by atoms with E-state index in [2.05, 4.69) is 10.6 Å². The molecule has 47 heavy (non-hydrogen) atoms. The minimum absolute atomic E-state index is 0.0282. The lowest BCUT2D eigenvalue weighted by atomic mass is 9.88. The van der Waals surface area contributed by atoms with Crippen LogP contribution < -0.4 is 10.6 Å². The number of thioether (sulfide) groups is 1. The zero-order valence-electron chi connectivity index (χ0n) is 28.1. The predicted molar refractivity (Wildman–Crippen MR) is 176 cm³/mol. The van der Waals surface area contributed by atoms with Gasteiger partial charge in [0.2, 0.25) is 11.8 Å². The lowest BCUT2D eigenvalue weighted by Gasteiger charge is -2.25. The SMILES string of the molecule is CSCC[C@H](CC(=O)OCC(C)C)C(=O)N[C@@H](CC(C)C)C(=O)C[C@@H](Cc1ccccc1)C(=O)NCCC(=O)ON1C(=O)CCC1=O. The second-order valence-corrected chi connectivity index (χ2v) is 13.6. The summed E-state index contributed by atoms with van der Waals surface area (Å²) in [7, 11) is 0. The molecule has 4 amide bonds. The predicted octanol–water partition coefficient (Wildman–Crippen LogP) is 3.41. The third kappa shape index (κ3) is 14.7. The molecule has 1 aromatic carbocycles. The van der Waals surface area contributed by atoms with Crippen LogP contribution in [-0.4, -0.2) is 77.6 Å². The molecule has 1 aliphatic heterocycles. The molecule has 1 aromatic rings. The number of esters is 1. The molecule has 2 N–H and O–H groups in total. The molecular weight excluding hydrogens is 626 g/mol. The fourth-order valence-corrected chi connectivity index (χ4v) is 5.44. The van der Waals surface area contributed by atoms with Gasteiger partial charge in [-0.1, -0.05) is 58.0 Å². The number of nitrogens with one attached hydrogen (secondary N) is 2. The van der Waals surface area contributed by atoms with Gasteiger partial charge in [-0.05, 0) is 48.7 Å². The molecule has 2 rings (SSSR count). The molecular formula is C34H49N3O9S. The summed E-state index contributed by atoms with van der Waals surface area (Å²) in [5.41, 5.74) is 0.826. The summed E-state index contributed by atoms with van der Waals surface area (Å²) in [6.07, 6.45) is 2.31. The number of hydroxylamine groups is 2. The number of ketones is 1. The minimum Gasteiger partial charge on any atom is -0.465 e. The lowest BCUT2D eigenvalue weighted by Crippen LogP contribution is -2.46. The van der Waals surface area contributed by atoms with Gasteiger partial charge >= 0.3 is 11.9 Å². The quantitative estimate of drug-likeness (QED) is 0.146. The molecule has 1 fully saturated rings. The van der Waals surface area contributed by atoms with Crippen LogP contribution in [0.1, 0.15) is 78.2 Å².